The van der Waals surface area contributed by atoms with Crippen LogP contribution < -0.4 is 15.5 Å². The fraction of sp³-hybridized carbons (Fsp3) is 0.474. The highest BCUT2D eigenvalue weighted by molar-refractivity contribution is 5.80. The van der Waals surface area contributed by atoms with Crippen LogP contribution >= 0.6 is 0 Å². The monoisotopic (exact) mass is 376 g/mol. The maximum absolute atomic E-state index is 14.0. The van der Waals surface area contributed by atoms with Gasteiger partial charge in [-0.2, -0.15) is 5.10 Å². The molecule has 1 aliphatic heterocycles. The minimum Gasteiger partial charge on any atom is -0.367 e. The van der Waals surface area contributed by atoms with E-state index < -0.39 is 11.6 Å². The predicted octanol–water partition coefficient (Wildman–Crippen LogP) is 2.07. The topological polar surface area (TPSA) is 57.5 Å². The molecule has 27 heavy (non-hydrogen) atoms. The fourth-order valence-electron chi connectivity index (χ4n) is 3.25. The van der Waals surface area contributed by atoms with Gasteiger partial charge in [-0.15, -0.1) is 0 Å². The van der Waals surface area contributed by atoms with Crippen molar-refractivity contribution in [1.29, 1.82) is 0 Å². The fourth-order valence-corrected chi connectivity index (χ4v) is 3.25. The lowest BCUT2D eigenvalue weighted by Crippen LogP contribution is -2.44. The van der Waals surface area contributed by atoms with Gasteiger partial charge < -0.3 is 15.5 Å². The smallest absolute Gasteiger partial charge is 0.191 e. The average Bonchev–Trinajstić information content (AvgIpc) is 3.24. The van der Waals surface area contributed by atoms with E-state index >= 15 is 0 Å². The van der Waals surface area contributed by atoms with Crippen molar-refractivity contribution in [3.63, 3.8) is 0 Å². The molecule has 0 bridgehead atoms. The number of nitrogens with zero attached hydrogens (tertiary/aromatic N) is 4. The number of aromatic nitrogens is 2. The van der Waals surface area contributed by atoms with Gasteiger partial charge in [-0.1, -0.05) is 0 Å². The molecule has 0 saturated carbocycles. The molecule has 8 heteroatoms. The number of guanidine groups is 1. The summed E-state index contributed by atoms with van der Waals surface area (Å²) in [5, 5.41) is 10.8. The number of hydrogen-bond acceptors (Lipinski definition) is 3. The summed E-state index contributed by atoms with van der Waals surface area (Å²) in [6.07, 6.45) is 5.52. The molecule has 0 aliphatic carbocycles. The van der Waals surface area contributed by atoms with Gasteiger partial charge in [0.05, 0.1) is 11.9 Å². The number of aryl methyl sites for hydroxylation is 1. The highest BCUT2D eigenvalue weighted by Crippen LogP contribution is 2.24. The molecular weight excluding hydrogens is 350 g/mol. The van der Waals surface area contributed by atoms with Crippen molar-refractivity contribution in [1.82, 2.24) is 20.4 Å². The van der Waals surface area contributed by atoms with Crippen molar-refractivity contribution in [3.05, 3.63) is 47.8 Å². The molecule has 1 fully saturated rings. The third-order valence-corrected chi connectivity index (χ3v) is 4.55. The summed E-state index contributed by atoms with van der Waals surface area (Å²) in [6.45, 7) is 4.81. The van der Waals surface area contributed by atoms with Crippen LogP contribution in [0.25, 0.3) is 0 Å². The Balaban J connectivity index is 1.55. The van der Waals surface area contributed by atoms with Gasteiger partial charge in [0.25, 0.3) is 0 Å². The number of benzene rings is 1. The first-order chi connectivity index (χ1) is 13.0. The summed E-state index contributed by atoms with van der Waals surface area (Å²) >= 11 is 0. The predicted molar refractivity (Wildman–Crippen MR) is 103 cm³/mol. The van der Waals surface area contributed by atoms with Crippen molar-refractivity contribution >= 4 is 11.6 Å². The highest BCUT2D eigenvalue weighted by atomic mass is 19.1. The van der Waals surface area contributed by atoms with Crippen molar-refractivity contribution < 1.29 is 8.78 Å². The third-order valence-electron chi connectivity index (χ3n) is 4.55. The number of hydrogen-bond donors (Lipinski definition) is 2. The van der Waals surface area contributed by atoms with E-state index in [1.54, 1.807) is 4.68 Å². The molecule has 6 nitrogen and oxygen atoms in total. The molecule has 2 N–H and O–H groups in total. The molecule has 146 valence electrons. The quantitative estimate of drug-likeness (QED) is 0.599. The summed E-state index contributed by atoms with van der Waals surface area (Å²) in [6, 6.07) is 3.88. The van der Waals surface area contributed by atoms with Gasteiger partial charge >= 0.3 is 0 Å². The van der Waals surface area contributed by atoms with Gasteiger partial charge in [0.2, 0.25) is 0 Å². The van der Waals surface area contributed by atoms with Gasteiger partial charge in [-0.3, -0.25) is 9.67 Å². The average molecular weight is 376 g/mol. The van der Waals surface area contributed by atoms with E-state index in [1.807, 2.05) is 31.3 Å². The highest BCUT2D eigenvalue weighted by Gasteiger charge is 2.25. The van der Waals surface area contributed by atoms with E-state index in [2.05, 4.69) is 20.7 Å². The molecule has 1 atom stereocenters. The first kappa shape index (κ1) is 19.1. The summed E-state index contributed by atoms with van der Waals surface area (Å²) in [5.41, 5.74) is 1.59. The minimum atomic E-state index is -0.555. The lowest BCUT2D eigenvalue weighted by molar-refractivity contribution is 0.580. The van der Waals surface area contributed by atoms with Crippen LogP contribution in [0.4, 0.5) is 14.5 Å². The lowest BCUT2D eigenvalue weighted by atomic mass is 10.2. The Morgan fingerprint density at radius 3 is 2.93 bits per heavy atom. The molecule has 3 rings (SSSR count). The molecule has 0 amide bonds. The maximum atomic E-state index is 14.0. The Labute approximate surface area is 158 Å². The van der Waals surface area contributed by atoms with E-state index in [4.69, 9.17) is 0 Å². The number of halogens is 2. The largest absolute Gasteiger partial charge is 0.367 e. The molecule has 1 aromatic carbocycles. The van der Waals surface area contributed by atoms with Crippen molar-refractivity contribution in [2.24, 2.45) is 12.0 Å². The molecular formula is C19H26F2N6. The Hall–Kier alpha value is -2.64. The summed E-state index contributed by atoms with van der Waals surface area (Å²) < 4.78 is 28.9. The summed E-state index contributed by atoms with van der Waals surface area (Å²) in [7, 11) is 1.90. The van der Waals surface area contributed by atoms with E-state index in [0.29, 0.717) is 18.8 Å². The Kier molecular flexibility index (Phi) is 6.26. The van der Waals surface area contributed by atoms with Crippen molar-refractivity contribution in [2.75, 3.05) is 31.1 Å². The second-order valence-electron chi connectivity index (χ2n) is 6.70. The van der Waals surface area contributed by atoms with Crippen LogP contribution in [-0.4, -0.2) is 48.0 Å². The van der Waals surface area contributed by atoms with Crippen LogP contribution in [0, 0.1) is 11.6 Å². The standard InChI is InChI=1S/C19H26F2N6/c1-3-22-19(23-8-6-14-11-24-26(2)12-14)25-16-7-9-27(13-16)18-5-4-15(20)10-17(18)21/h4-5,10-12,16H,3,6-9,13H2,1-2H3,(H2,22,23,25). The molecule has 0 spiro atoms. The number of anilines is 1. The number of nitrogens with one attached hydrogen (secondary N) is 2. The Bertz CT molecular complexity index is 788. The van der Waals surface area contributed by atoms with Crippen LogP contribution in [0.2, 0.25) is 0 Å². The van der Waals surface area contributed by atoms with Crippen LogP contribution in [0.1, 0.15) is 18.9 Å². The molecule has 1 aromatic heterocycles. The lowest BCUT2D eigenvalue weighted by Gasteiger charge is -2.21. The van der Waals surface area contributed by atoms with Crippen LogP contribution in [0.3, 0.4) is 0 Å². The van der Waals surface area contributed by atoms with E-state index in [1.165, 1.54) is 12.1 Å². The molecule has 0 radical (unpaired) electrons. The Morgan fingerprint density at radius 2 is 2.22 bits per heavy atom. The molecule has 1 aliphatic rings. The number of rotatable bonds is 6. The third kappa shape index (κ3) is 5.18. The first-order valence-corrected chi connectivity index (χ1v) is 9.27. The van der Waals surface area contributed by atoms with Gasteiger partial charge in [-0.25, -0.2) is 8.78 Å². The van der Waals surface area contributed by atoms with E-state index in [-0.39, 0.29) is 6.04 Å². The zero-order valence-electron chi connectivity index (χ0n) is 15.8. The van der Waals surface area contributed by atoms with Crippen molar-refractivity contribution in [3.8, 4) is 0 Å². The molecule has 2 aromatic rings. The molecule has 1 unspecified atom stereocenters. The minimum absolute atomic E-state index is 0.158. The van der Waals surface area contributed by atoms with Gasteiger partial charge in [0.1, 0.15) is 11.6 Å². The second kappa shape index (κ2) is 8.83. The maximum Gasteiger partial charge on any atom is 0.191 e. The van der Waals surface area contributed by atoms with Crippen LogP contribution in [-0.2, 0) is 13.5 Å². The van der Waals surface area contributed by atoms with Gasteiger partial charge in [0.15, 0.2) is 5.96 Å². The SMILES string of the molecule is CCNC(=NCCc1cnn(C)c1)NC1CCN(c2ccc(F)cc2F)C1. The summed E-state index contributed by atoms with van der Waals surface area (Å²) in [5.74, 6) is -0.319. The van der Waals surface area contributed by atoms with E-state index in [9.17, 15) is 8.78 Å². The zero-order chi connectivity index (χ0) is 19.2. The molecule has 2 heterocycles. The second-order valence-corrected chi connectivity index (χ2v) is 6.70. The van der Waals surface area contributed by atoms with Crippen molar-refractivity contribution in [2.45, 2.75) is 25.8 Å². The van der Waals surface area contributed by atoms with Gasteiger partial charge in [-0.05, 0) is 37.5 Å². The summed E-state index contributed by atoms with van der Waals surface area (Å²) in [4.78, 5) is 6.56. The normalized spacial score (nSPS) is 17.4. The number of aliphatic imine (C=N–C) groups is 1. The van der Waals surface area contributed by atoms with Crippen LogP contribution in [0.15, 0.2) is 35.6 Å². The molecule has 1 saturated heterocycles. The van der Waals surface area contributed by atoms with E-state index in [0.717, 1.165) is 43.5 Å². The first-order valence-electron chi connectivity index (χ1n) is 9.27. The van der Waals surface area contributed by atoms with Crippen LogP contribution in [0.5, 0.6) is 0 Å². The Morgan fingerprint density at radius 1 is 1.37 bits per heavy atom. The zero-order valence-corrected chi connectivity index (χ0v) is 15.8. The van der Waals surface area contributed by atoms with Gasteiger partial charge in [0, 0.05) is 51.5 Å².